The highest BCUT2D eigenvalue weighted by Gasteiger charge is 1.93. The highest BCUT2D eigenvalue weighted by atomic mass is 32.1. The topological polar surface area (TPSA) is 61.3 Å². The molecular formula is C8H10N2OS. The Bertz CT molecular complexity index is 271. The first-order valence-electron chi connectivity index (χ1n) is 3.45. The van der Waals surface area contributed by atoms with Crippen LogP contribution in [-0.2, 0) is 11.3 Å². The monoisotopic (exact) mass is 182 g/mol. The second-order valence-corrected chi connectivity index (χ2v) is 2.75. The molecule has 0 aliphatic carbocycles. The predicted molar refractivity (Wildman–Crippen MR) is 52.4 cm³/mol. The minimum atomic E-state index is 0.0619. The summed E-state index contributed by atoms with van der Waals surface area (Å²) in [6, 6.07) is 7.34. The number of rotatable bonds is 2. The average Bonchev–Trinajstić information content (AvgIpc) is 2.03. The third-order valence-electron chi connectivity index (χ3n) is 1.36. The van der Waals surface area contributed by atoms with Gasteiger partial charge in [0, 0.05) is 5.69 Å². The van der Waals surface area contributed by atoms with Gasteiger partial charge < -0.3 is 16.2 Å². The van der Waals surface area contributed by atoms with Crippen molar-refractivity contribution in [2.45, 2.75) is 6.61 Å². The van der Waals surface area contributed by atoms with Crippen LogP contribution in [0.2, 0.25) is 0 Å². The molecule has 0 amide bonds. The summed E-state index contributed by atoms with van der Waals surface area (Å²) in [6.07, 6.45) is 0. The molecule has 0 radical (unpaired) electrons. The molecule has 4 N–H and O–H groups in total. The van der Waals surface area contributed by atoms with Crippen molar-refractivity contribution in [2.75, 3.05) is 5.73 Å². The summed E-state index contributed by atoms with van der Waals surface area (Å²) in [6.45, 7) is 0.398. The molecule has 0 unspecified atom stereocenters. The van der Waals surface area contributed by atoms with Crippen molar-refractivity contribution < 1.29 is 4.74 Å². The maximum absolute atomic E-state index is 5.49. The van der Waals surface area contributed by atoms with E-state index in [1.165, 1.54) is 0 Å². The summed E-state index contributed by atoms with van der Waals surface area (Å²) >= 11 is 4.55. The molecule has 0 aliphatic heterocycles. The van der Waals surface area contributed by atoms with E-state index in [1.54, 1.807) is 12.1 Å². The molecule has 1 aromatic carbocycles. The highest BCUT2D eigenvalue weighted by molar-refractivity contribution is 7.80. The van der Waals surface area contributed by atoms with Crippen LogP contribution in [0.5, 0.6) is 0 Å². The fraction of sp³-hybridized carbons (Fsp3) is 0.125. The third kappa shape index (κ3) is 2.75. The van der Waals surface area contributed by atoms with Crippen molar-refractivity contribution in [3.05, 3.63) is 29.8 Å². The van der Waals surface area contributed by atoms with E-state index in [9.17, 15) is 0 Å². The zero-order valence-electron chi connectivity index (χ0n) is 6.49. The van der Waals surface area contributed by atoms with E-state index < -0.39 is 0 Å². The number of benzene rings is 1. The van der Waals surface area contributed by atoms with Crippen molar-refractivity contribution in [1.82, 2.24) is 0 Å². The fourth-order valence-electron chi connectivity index (χ4n) is 0.768. The van der Waals surface area contributed by atoms with Gasteiger partial charge in [-0.25, -0.2) is 0 Å². The number of hydrogen-bond donors (Lipinski definition) is 2. The number of nitrogens with two attached hydrogens (primary N) is 2. The molecule has 12 heavy (non-hydrogen) atoms. The summed E-state index contributed by atoms with van der Waals surface area (Å²) in [7, 11) is 0. The van der Waals surface area contributed by atoms with Gasteiger partial charge in [0.2, 0.25) is 0 Å². The van der Waals surface area contributed by atoms with Crippen LogP contribution < -0.4 is 11.5 Å². The fourth-order valence-corrected chi connectivity index (χ4v) is 0.827. The Kier molecular flexibility index (Phi) is 2.88. The maximum Gasteiger partial charge on any atom is 0.254 e. The number of nitrogen functional groups attached to an aromatic ring is 1. The van der Waals surface area contributed by atoms with E-state index in [1.807, 2.05) is 12.1 Å². The molecule has 0 atom stereocenters. The lowest BCUT2D eigenvalue weighted by atomic mass is 10.2. The first-order valence-corrected chi connectivity index (χ1v) is 3.86. The van der Waals surface area contributed by atoms with Gasteiger partial charge in [-0.3, -0.25) is 0 Å². The molecule has 3 nitrogen and oxygen atoms in total. The van der Waals surface area contributed by atoms with Crippen molar-refractivity contribution in [1.29, 1.82) is 0 Å². The van der Waals surface area contributed by atoms with Gasteiger partial charge in [0.25, 0.3) is 5.17 Å². The number of thiocarbonyl (C=S) groups is 1. The molecule has 64 valence electrons. The summed E-state index contributed by atoms with van der Waals surface area (Å²) in [5.41, 5.74) is 12.4. The smallest absolute Gasteiger partial charge is 0.254 e. The van der Waals surface area contributed by atoms with E-state index >= 15 is 0 Å². The quantitative estimate of drug-likeness (QED) is 0.529. The highest BCUT2D eigenvalue weighted by Crippen LogP contribution is 2.06. The molecule has 4 heteroatoms. The van der Waals surface area contributed by atoms with Gasteiger partial charge in [0.15, 0.2) is 0 Å². The van der Waals surface area contributed by atoms with Gasteiger partial charge in [-0.1, -0.05) is 12.1 Å². The van der Waals surface area contributed by atoms with Crippen LogP contribution in [0.4, 0.5) is 5.69 Å². The maximum atomic E-state index is 5.49. The summed E-state index contributed by atoms with van der Waals surface area (Å²) < 4.78 is 4.94. The van der Waals surface area contributed by atoms with Crippen molar-refractivity contribution in [2.24, 2.45) is 5.73 Å². The molecule has 0 saturated heterocycles. The Morgan fingerprint density at radius 3 is 2.42 bits per heavy atom. The first-order chi connectivity index (χ1) is 5.68. The molecule has 0 aliphatic rings. The average molecular weight is 182 g/mol. The predicted octanol–water partition coefficient (Wildman–Crippen LogP) is 1.03. The largest absolute Gasteiger partial charge is 0.466 e. The Morgan fingerprint density at radius 1 is 1.33 bits per heavy atom. The lowest BCUT2D eigenvalue weighted by Crippen LogP contribution is -2.12. The SMILES string of the molecule is NC(=S)OCc1ccc(N)cc1. The molecule has 1 rings (SSSR count). The van der Waals surface area contributed by atoms with E-state index in [2.05, 4.69) is 12.2 Å². The normalized spacial score (nSPS) is 9.33. The zero-order chi connectivity index (χ0) is 8.97. The molecule has 0 spiro atoms. The molecule has 0 heterocycles. The molecule has 0 fully saturated rings. The molecule has 0 bridgehead atoms. The number of hydrogen-bond acceptors (Lipinski definition) is 3. The second-order valence-electron chi connectivity index (χ2n) is 2.35. The minimum absolute atomic E-state index is 0.0619. The van der Waals surface area contributed by atoms with Gasteiger partial charge in [0.1, 0.15) is 6.61 Å². The van der Waals surface area contributed by atoms with E-state index in [-0.39, 0.29) is 5.17 Å². The molecule has 1 aromatic rings. The van der Waals surface area contributed by atoms with Gasteiger partial charge >= 0.3 is 0 Å². The first kappa shape index (κ1) is 8.80. The summed E-state index contributed by atoms with van der Waals surface area (Å²) in [5.74, 6) is 0. The van der Waals surface area contributed by atoms with Crippen molar-refractivity contribution >= 4 is 23.1 Å². The minimum Gasteiger partial charge on any atom is -0.466 e. The van der Waals surface area contributed by atoms with Gasteiger partial charge in [-0.2, -0.15) is 0 Å². The number of ether oxygens (including phenoxy) is 1. The van der Waals surface area contributed by atoms with E-state index in [4.69, 9.17) is 16.2 Å². The molecular weight excluding hydrogens is 172 g/mol. The molecule has 0 aromatic heterocycles. The number of anilines is 1. The van der Waals surface area contributed by atoms with Crippen LogP contribution >= 0.6 is 12.2 Å². The second kappa shape index (κ2) is 3.92. The standard InChI is InChI=1S/C8H10N2OS/c9-7-3-1-6(2-4-7)5-11-8(10)12/h1-4H,5,9H2,(H2,10,12). The molecule has 0 saturated carbocycles. The van der Waals surface area contributed by atoms with Crippen LogP contribution in [0.1, 0.15) is 5.56 Å². The summed E-state index contributed by atoms with van der Waals surface area (Å²) in [4.78, 5) is 0. The lowest BCUT2D eigenvalue weighted by molar-refractivity contribution is 0.296. The Morgan fingerprint density at radius 2 is 1.92 bits per heavy atom. The van der Waals surface area contributed by atoms with Gasteiger partial charge in [-0.15, -0.1) is 0 Å². The Labute approximate surface area is 76.3 Å². The van der Waals surface area contributed by atoms with Gasteiger partial charge in [-0.05, 0) is 29.9 Å². The van der Waals surface area contributed by atoms with E-state index in [0.717, 1.165) is 11.3 Å². The van der Waals surface area contributed by atoms with Crippen molar-refractivity contribution in [3.8, 4) is 0 Å². The van der Waals surface area contributed by atoms with Crippen LogP contribution in [0.3, 0.4) is 0 Å². The van der Waals surface area contributed by atoms with E-state index in [0.29, 0.717) is 6.61 Å². The Hall–Kier alpha value is -1.29. The lowest BCUT2D eigenvalue weighted by Gasteiger charge is -2.02. The van der Waals surface area contributed by atoms with Crippen molar-refractivity contribution in [3.63, 3.8) is 0 Å². The Balaban J connectivity index is 2.53. The van der Waals surface area contributed by atoms with Crippen LogP contribution in [-0.4, -0.2) is 5.17 Å². The third-order valence-corrected chi connectivity index (χ3v) is 1.48. The van der Waals surface area contributed by atoms with Crippen LogP contribution in [0.25, 0.3) is 0 Å². The zero-order valence-corrected chi connectivity index (χ0v) is 7.30. The summed E-state index contributed by atoms with van der Waals surface area (Å²) in [5, 5.41) is 0.0619. The van der Waals surface area contributed by atoms with Crippen LogP contribution in [0.15, 0.2) is 24.3 Å². The van der Waals surface area contributed by atoms with Gasteiger partial charge in [0.05, 0.1) is 0 Å². The van der Waals surface area contributed by atoms with Crippen LogP contribution in [0, 0.1) is 0 Å².